The SMILES string of the molecule is COc1ccc2nc(OC)nc(-c3nnnn3Cc3cccc(N)c3)c2c1. The maximum absolute atomic E-state index is 5.87. The molecular weight excluding hydrogens is 346 g/mol. The first kappa shape index (κ1) is 16.7. The molecule has 0 saturated heterocycles. The van der Waals surface area contributed by atoms with E-state index >= 15 is 0 Å². The highest BCUT2D eigenvalue weighted by molar-refractivity contribution is 5.91. The predicted octanol–water partition coefficient (Wildman–Crippen LogP) is 1.93. The maximum Gasteiger partial charge on any atom is 0.317 e. The summed E-state index contributed by atoms with van der Waals surface area (Å²) in [4.78, 5) is 8.86. The second-order valence-electron chi connectivity index (χ2n) is 5.85. The van der Waals surface area contributed by atoms with Crippen molar-refractivity contribution in [2.75, 3.05) is 20.0 Å². The van der Waals surface area contributed by atoms with E-state index in [0.717, 1.165) is 10.9 Å². The van der Waals surface area contributed by atoms with E-state index < -0.39 is 0 Å². The van der Waals surface area contributed by atoms with Gasteiger partial charge in [-0.25, -0.2) is 4.68 Å². The van der Waals surface area contributed by atoms with E-state index in [0.29, 0.717) is 35.0 Å². The second kappa shape index (κ2) is 6.87. The molecule has 136 valence electrons. The number of anilines is 1. The number of nitrogens with zero attached hydrogens (tertiary/aromatic N) is 6. The fourth-order valence-corrected chi connectivity index (χ4v) is 2.82. The van der Waals surface area contributed by atoms with Crippen molar-refractivity contribution in [1.29, 1.82) is 0 Å². The van der Waals surface area contributed by atoms with Gasteiger partial charge in [0.05, 0.1) is 26.3 Å². The molecule has 2 heterocycles. The van der Waals surface area contributed by atoms with Gasteiger partial charge in [0.1, 0.15) is 11.4 Å². The highest BCUT2D eigenvalue weighted by atomic mass is 16.5. The first-order chi connectivity index (χ1) is 13.2. The Hall–Kier alpha value is -3.75. The molecule has 0 fully saturated rings. The molecule has 2 aromatic carbocycles. The number of benzene rings is 2. The standard InChI is InChI=1S/C18H17N7O2/c1-26-13-6-7-15-14(9-13)16(21-18(20-15)27-2)17-22-23-24-25(17)10-11-4-3-5-12(19)8-11/h3-9H,10,19H2,1-2H3. The van der Waals surface area contributed by atoms with Gasteiger partial charge < -0.3 is 15.2 Å². The van der Waals surface area contributed by atoms with Crippen LogP contribution in [0.15, 0.2) is 42.5 Å². The van der Waals surface area contributed by atoms with Gasteiger partial charge in [-0.15, -0.1) is 5.10 Å². The van der Waals surface area contributed by atoms with Crippen molar-refractivity contribution in [2.45, 2.75) is 6.54 Å². The number of rotatable bonds is 5. The first-order valence-electron chi connectivity index (χ1n) is 8.18. The lowest BCUT2D eigenvalue weighted by atomic mass is 10.1. The van der Waals surface area contributed by atoms with Crippen LogP contribution in [0.3, 0.4) is 0 Å². The molecule has 0 saturated carbocycles. The van der Waals surface area contributed by atoms with E-state index in [1.165, 1.54) is 7.11 Å². The summed E-state index contributed by atoms with van der Waals surface area (Å²) >= 11 is 0. The molecule has 0 aliphatic heterocycles. The highest BCUT2D eigenvalue weighted by Crippen LogP contribution is 2.29. The molecule has 0 bridgehead atoms. The maximum atomic E-state index is 5.87. The van der Waals surface area contributed by atoms with Crippen LogP contribution in [0.1, 0.15) is 5.56 Å². The number of aromatic nitrogens is 6. The minimum atomic E-state index is 0.237. The Kier molecular flexibility index (Phi) is 4.25. The third-order valence-corrected chi connectivity index (χ3v) is 4.09. The molecule has 0 aliphatic rings. The van der Waals surface area contributed by atoms with Crippen LogP contribution in [0.2, 0.25) is 0 Å². The Morgan fingerprint density at radius 3 is 2.70 bits per heavy atom. The van der Waals surface area contributed by atoms with Crippen LogP contribution in [0.25, 0.3) is 22.4 Å². The zero-order valence-corrected chi connectivity index (χ0v) is 14.8. The van der Waals surface area contributed by atoms with Gasteiger partial charge in [-0.05, 0) is 46.3 Å². The Morgan fingerprint density at radius 2 is 1.93 bits per heavy atom. The largest absolute Gasteiger partial charge is 0.497 e. The van der Waals surface area contributed by atoms with Crippen molar-refractivity contribution in [2.24, 2.45) is 0 Å². The lowest BCUT2D eigenvalue weighted by Crippen LogP contribution is -2.07. The molecule has 9 nitrogen and oxygen atoms in total. The average Bonchev–Trinajstić information content (AvgIpc) is 3.14. The van der Waals surface area contributed by atoms with E-state index in [1.54, 1.807) is 11.8 Å². The summed E-state index contributed by atoms with van der Waals surface area (Å²) in [6.45, 7) is 0.450. The number of nitrogens with two attached hydrogens (primary N) is 1. The van der Waals surface area contributed by atoms with Gasteiger partial charge in [0.15, 0.2) is 0 Å². The van der Waals surface area contributed by atoms with Gasteiger partial charge in [0, 0.05) is 11.1 Å². The third-order valence-electron chi connectivity index (χ3n) is 4.09. The first-order valence-corrected chi connectivity index (χ1v) is 8.18. The summed E-state index contributed by atoms with van der Waals surface area (Å²) in [6, 6.07) is 13.3. The van der Waals surface area contributed by atoms with Crippen LogP contribution < -0.4 is 15.2 Å². The van der Waals surface area contributed by atoms with Crippen LogP contribution in [0.4, 0.5) is 5.69 Å². The third kappa shape index (κ3) is 3.22. The smallest absolute Gasteiger partial charge is 0.317 e. The van der Waals surface area contributed by atoms with Gasteiger partial charge in [-0.1, -0.05) is 12.1 Å². The van der Waals surface area contributed by atoms with Crippen LogP contribution in [0.5, 0.6) is 11.8 Å². The molecule has 0 radical (unpaired) electrons. The summed E-state index contributed by atoms with van der Waals surface area (Å²) in [5.74, 6) is 1.18. The fourth-order valence-electron chi connectivity index (χ4n) is 2.82. The number of ether oxygens (including phenoxy) is 2. The molecule has 0 unspecified atom stereocenters. The number of tetrazole rings is 1. The average molecular weight is 363 g/mol. The molecule has 0 atom stereocenters. The minimum Gasteiger partial charge on any atom is -0.497 e. The van der Waals surface area contributed by atoms with E-state index in [9.17, 15) is 0 Å². The Balaban J connectivity index is 1.86. The zero-order chi connectivity index (χ0) is 18.8. The van der Waals surface area contributed by atoms with Crippen LogP contribution in [-0.2, 0) is 6.54 Å². The molecule has 0 spiro atoms. The number of hydrogen-bond donors (Lipinski definition) is 1. The summed E-state index contributed by atoms with van der Waals surface area (Å²) in [5.41, 5.74) is 8.79. The van der Waals surface area contributed by atoms with Crippen LogP contribution in [0, 0.1) is 0 Å². The number of nitrogen functional groups attached to an aromatic ring is 1. The molecule has 2 N–H and O–H groups in total. The summed E-state index contributed by atoms with van der Waals surface area (Å²) in [6.07, 6.45) is 0. The Morgan fingerprint density at radius 1 is 1.04 bits per heavy atom. The highest BCUT2D eigenvalue weighted by Gasteiger charge is 2.18. The monoisotopic (exact) mass is 363 g/mol. The second-order valence-corrected chi connectivity index (χ2v) is 5.85. The van der Waals surface area contributed by atoms with Crippen molar-refractivity contribution in [3.05, 3.63) is 48.0 Å². The topological polar surface area (TPSA) is 114 Å². The number of hydrogen-bond acceptors (Lipinski definition) is 8. The molecule has 4 aromatic rings. The van der Waals surface area contributed by atoms with Gasteiger partial charge in [-0.2, -0.15) is 9.97 Å². The van der Waals surface area contributed by atoms with Gasteiger partial charge in [-0.3, -0.25) is 0 Å². The zero-order valence-electron chi connectivity index (χ0n) is 14.8. The summed E-state index contributed by atoms with van der Waals surface area (Å²) < 4.78 is 12.2. The predicted molar refractivity (Wildman–Crippen MR) is 99.4 cm³/mol. The molecule has 27 heavy (non-hydrogen) atoms. The Bertz CT molecular complexity index is 1110. The van der Waals surface area contributed by atoms with Crippen molar-refractivity contribution < 1.29 is 9.47 Å². The van der Waals surface area contributed by atoms with Gasteiger partial charge in [0.2, 0.25) is 5.82 Å². The van der Waals surface area contributed by atoms with Crippen LogP contribution in [-0.4, -0.2) is 44.4 Å². The van der Waals surface area contributed by atoms with Crippen molar-refractivity contribution in [3.8, 4) is 23.3 Å². The van der Waals surface area contributed by atoms with Crippen molar-refractivity contribution in [3.63, 3.8) is 0 Å². The lowest BCUT2D eigenvalue weighted by Gasteiger charge is -2.10. The Labute approximate surface area is 154 Å². The number of fused-ring (bicyclic) bond motifs is 1. The quantitative estimate of drug-likeness (QED) is 0.535. The van der Waals surface area contributed by atoms with Gasteiger partial charge in [0.25, 0.3) is 0 Å². The molecule has 2 aromatic heterocycles. The van der Waals surface area contributed by atoms with Gasteiger partial charge >= 0.3 is 6.01 Å². The van der Waals surface area contributed by atoms with Crippen molar-refractivity contribution >= 4 is 16.6 Å². The summed E-state index contributed by atoms with van der Waals surface area (Å²) in [5, 5.41) is 12.9. The molecular formula is C18H17N7O2. The normalized spacial score (nSPS) is 10.9. The van der Waals surface area contributed by atoms with Crippen molar-refractivity contribution in [1.82, 2.24) is 30.2 Å². The van der Waals surface area contributed by atoms with E-state index in [2.05, 4.69) is 25.5 Å². The lowest BCUT2D eigenvalue weighted by molar-refractivity contribution is 0.382. The number of methoxy groups -OCH3 is 2. The van der Waals surface area contributed by atoms with E-state index in [-0.39, 0.29) is 6.01 Å². The summed E-state index contributed by atoms with van der Waals surface area (Å²) in [7, 11) is 3.12. The molecule has 0 aliphatic carbocycles. The van der Waals surface area contributed by atoms with Crippen LogP contribution >= 0.6 is 0 Å². The van der Waals surface area contributed by atoms with E-state index in [4.69, 9.17) is 15.2 Å². The fraction of sp³-hybridized carbons (Fsp3) is 0.167. The minimum absolute atomic E-state index is 0.237. The molecule has 9 heteroatoms. The molecule has 4 rings (SSSR count). The van der Waals surface area contributed by atoms with E-state index in [1.807, 2.05) is 42.5 Å². The molecule has 0 amide bonds.